The third kappa shape index (κ3) is 5.24. The lowest BCUT2D eigenvalue weighted by Crippen LogP contribution is -2.40. The quantitative estimate of drug-likeness (QED) is 0.201. The molecule has 4 aromatic rings. The van der Waals surface area contributed by atoms with Gasteiger partial charge in [-0.2, -0.15) is 4.37 Å². The van der Waals surface area contributed by atoms with E-state index in [1.54, 1.807) is 12.1 Å². The van der Waals surface area contributed by atoms with Gasteiger partial charge in [0.15, 0.2) is 0 Å². The third-order valence-electron chi connectivity index (χ3n) is 7.74. The molecule has 1 heterocycles. The van der Waals surface area contributed by atoms with Crippen LogP contribution in [0.15, 0.2) is 60.7 Å². The number of aliphatic hydroxyl groups is 1. The summed E-state index contributed by atoms with van der Waals surface area (Å²) >= 11 is 21.2. The Labute approximate surface area is 251 Å². The number of methoxy groups -OCH3 is 1. The number of esters is 1. The normalized spacial score (nSPS) is 20.2. The molecule has 2 fully saturated rings. The number of nitrogens with zero attached hydrogens (tertiary/aromatic N) is 1. The average molecular weight is 615 g/mol. The van der Waals surface area contributed by atoms with Crippen molar-refractivity contribution in [3.8, 4) is 17.0 Å². The predicted octanol–water partition coefficient (Wildman–Crippen LogP) is 8.78. The van der Waals surface area contributed by atoms with Crippen LogP contribution in [0.2, 0.25) is 15.1 Å². The second-order valence-corrected chi connectivity index (χ2v) is 12.5. The zero-order valence-corrected chi connectivity index (χ0v) is 24.7. The first kappa shape index (κ1) is 27.6. The predicted molar refractivity (Wildman–Crippen MR) is 159 cm³/mol. The van der Waals surface area contributed by atoms with Gasteiger partial charge in [0.1, 0.15) is 12.4 Å². The maximum Gasteiger partial charge on any atom is 0.337 e. The van der Waals surface area contributed by atoms with Crippen LogP contribution in [-0.4, -0.2) is 22.6 Å². The molecule has 0 radical (unpaired) electrons. The zero-order chi connectivity index (χ0) is 28.0. The molecule has 206 valence electrons. The summed E-state index contributed by atoms with van der Waals surface area (Å²) in [6.45, 7) is 0.303. The molecular weight excluding hydrogens is 589 g/mol. The standard InChI is InChI=1S/C31H26Cl3NO4S/c1-38-30(36)19-5-2-4-18(12-19)20-14-31(37,15-20)23-11-10-21(13-26(23)34)39-16-22-28(35-40-29(22)17-8-9-17)27-24(32)6-3-7-25(27)33/h2-7,10-13,17,20,37H,8-9,14-16H2,1H3. The molecule has 0 amide bonds. The summed E-state index contributed by atoms with van der Waals surface area (Å²) < 4.78 is 15.8. The van der Waals surface area contributed by atoms with Crippen molar-refractivity contribution in [1.29, 1.82) is 0 Å². The Kier molecular flexibility index (Phi) is 7.57. The topological polar surface area (TPSA) is 68.7 Å². The molecule has 9 heteroatoms. The van der Waals surface area contributed by atoms with Gasteiger partial charge < -0.3 is 14.6 Å². The van der Waals surface area contributed by atoms with Crippen LogP contribution in [0.3, 0.4) is 0 Å². The fraction of sp³-hybridized carbons (Fsp3) is 0.290. The number of hydrogen-bond acceptors (Lipinski definition) is 6. The Balaban J connectivity index is 1.18. The van der Waals surface area contributed by atoms with Gasteiger partial charge in [-0.3, -0.25) is 0 Å². The average Bonchev–Trinajstić information content (AvgIpc) is 3.69. The number of carbonyl (C=O) groups excluding carboxylic acids is 1. The number of carbonyl (C=O) groups is 1. The van der Waals surface area contributed by atoms with Crippen LogP contribution in [-0.2, 0) is 16.9 Å². The molecule has 5 nitrogen and oxygen atoms in total. The Morgan fingerprint density at radius 3 is 2.40 bits per heavy atom. The van der Waals surface area contributed by atoms with Gasteiger partial charge in [-0.25, -0.2) is 4.79 Å². The molecule has 1 N–H and O–H groups in total. The highest BCUT2D eigenvalue weighted by atomic mass is 35.5. The lowest BCUT2D eigenvalue weighted by atomic mass is 9.65. The largest absolute Gasteiger partial charge is 0.489 e. The van der Waals surface area contributed by atoms with E-state index in [2.05, 4.69) is 0 Å². The fourth-order valence-electron chi connectivity index (χ4n) is 5.42. The van der Waals surface area contributed by atoms with Gasteiger partial charge in [-0.15, -0.1) is 0 Å². The molecule has 2 saturated carbocycles. The number of ether oxygens (including phenoxy) is 2. The minimum absolute atomic E-state index is 0.114. The summed E-state index contributed by atoms with van der Waals surface area (Å²) in [5.74, 6) is 0.831. The van der Waals surface area contributed by atoms with Crippen LogP contribution in [0, 0.1) is 0 Å². The van der Waals surface area contributed by atoms with E-state index in [0.717, 1.165) is 35.2 Å². The molecule has 0 bridgehead atoms. The lowest BCUT2D eigenvalue weighted by molar-refractivity contribution is -0.0549. The molecule has 0 saturated heterocycles. The highest BCUT2D eigenvalue weighted by Crippen LogP contribution is 2.53. The molecular formula is C31H26Cl3NO4S. The third-order valence-corrected chi connectivity index (χ3v) is 9.73. The van der Waals surface area contributed by atoms with Crippen molar-refractivity contribution in [2.75, 3.05) is 7.11 Å². The van der Waals surface area contributed by atoms with Crippen molar-refractivity contribution >= 4 is 52.3 Å². The Hall–Kier alpha value is -2.61. The van der Waals surface area contributed by atoms with Gasteiger partial charge in [0, 0.05) is 21.6 Å². The van der Waals surface area contributed by atoms with Crippen molar-refractivity contribution in [3.63, 3.8) is 0 Å². The van der Waals surface area contributed by atoms with E-state index in [1.807, 2.05) is 48.5 Å². The fourth-order valence-corrected chi connectivity index (χ4v) is 7.38. The number of benzene rings is 3. The minimum Gasteiger partial charge on any atom is -0.489 e. The molecule has 2 aliphatic carbocycles. The summed E-state index contributed by atoms with van der Waals surface area (Å²) in [4.78, 5) is 13.1. The molecule has 0 spiro atoms. The lowest BCUT2D eigenvalue weighted by Gasteiger charge is -2.44. The van der Waals surface area contributed by atoms with Crippen LogP contribution in [0.4, 0.5) is 0 Å². The van der Waals surface area contributed by atoms with Crippen molar-refractivity contribution in [3.05, 3.63) is 103 Å². The molecule has 0 unspecified atom stereocenters. The number of hydrogen-bond donors (Lipinski definition) is 1. The van der Waals surface area contributed by atoms with Gasteiger partial charge in [-0.1, -0.05) is 59.1 Å². The summed E-state index contributed by atoms with van der Waals surface area (Å²) in [7, 11) is 1.36. The van der Waals surface area contributed by atoms with Gasteiger partial charge in [0.25, 0.3) is 0 Å². The van der Waals surface area contributed by atoms with Crippen molar-refractivity contribution in [2.24, 2.45) is 0 Å². The monoisotopic (exact) mass is 613 g/mol. The van der Waals surface area contributed by atoms with E-state index in [9.17, 15) is 9.90 Å². The second-order valence-electron chi connectivity index (χ2n) is 10.4. The van der Waals surface area contributed by atoms with Crippen LogP contribution in [0.1, 0.15) is 69.4 Å². The minimum atomic E-state index is -1.05. The summed E-state index contributed by atoms with van der Waals surface area (Å²) in [5.41, 5.74) is 3.59. The first-order chi connectivity index (χ1) is 19.3. The number of rotatable bonds is 8. The second kappa shape index (κ2) is 11.0. The number of aromatic nitrogens is 1. The molecule has 0 aliphatic heterocycles. The summed E-state index contributed by atoms with van der Waals surface area (Å²) in [6, 6.07) is 18.2. The molecule has 2 aliphatic rings. The van der Waals surface area contributed by atoms with Gasteiger partial charge in [0.05, 0.1) is 39.0 Å². The molecule has 6 rings (SSSR count). The van der Waals surface area contributed by atoms with Crippen molar-refractivity contribution in [1.82, 2.24) is 4.37 Å². The van der Waals surface area contributed by atoms with Crippen LogP contribution in [0.5, 0.6) is 5.75 Å². The molecule has 0 atom stereocenters. The zero-order valence-electron chi connectivity index (χ0n) is 21.6. The van der Waals surface area contributed by atoms with Crippen molar-refractivity contribution in [2.45, 2.75) is 49.7 Å². The van der Waals surface area contributed by atoms with Gasteiger partial charge in [0.2, 0.25) is 0 Å². The molecule has 3 aromatic carbocycles. The summed E-state index contributed by atoms with van der Waals surface area (Å²) in [5, 5.41) is 12.9. The molecule has 40 heavy (non-hydrogen) atoms. The van der Waals surface area contributed by atoms with E-state index in [-0.39, 0.29) is 11.9 Å². The van der Waals surface area contributed by atoms with E-state index in [1.165, 1.54) is 23.5 Å². The SMILES string of the molecule is COC(=O)c1cccc(C2CC(O)(c3ccc(OCc4c(-c5c(Cl)cccc5Cl)nsc4C4CC4)cc3Cl)C2)c1. The van der Waals surface area contributed by atoms with E-state index >= 15 is 0 Å². The highest BCUT2D eigenvalue weighted by Gasteiger charge is 2.45. The van der Waals surface area contributed by atoms with E-state index in [4.69, 9.17) is 48.7 Å². The number of halogens is 3. The molecule has 1 aromatic heterocycles. The Morgan fingerprint density at radius 2 is 1.73 bits per heavy atom. The maximum atomic E-state index is 11.9. The highest BCUT2D eigenvalue weighted by molar-refractivity contribution is 7.06. The van der Waals surface area contributed by atoms with Crippen molar-refractivity contribution < 1.29 is 19.4 Å². The van der Waals surface area contributed by atoms with E-state index < -0.39 is 5.60 Å². The van der Waals surface area contributed by atoms with Crippen LogP contribution >= 0.6 is 46.3 Å². The Morgan fingerprint density at radius 1 is 1.00 bits per heavy atom. The van der Waals surface area contributed by atoms with Crippen LogP contribution < -0.4 is 4.74 Å². The van der Waals surface area contributed by atoms with Crippen LogP contribution in [0.25, 0.3) is 11.3 Å². The first-order valence-corrected chi connectivity index (χ1v) is 14.9. The Bertz CT molecular complexity index is 1570. The van der Waals surface area contributed by atoms with E-state index in [0.29, 0.717) is 57.3 Å². The summed E-state index contributed by atoms with van der Waals surface area (Å²) in [6.07, 6.45) is 3.28. The maximum absolute atomic E-state index is 11.9. The first-order valence-electron chi connectivity index (χ1n) is 13.0. The smallest absolute Gasteiger partial charge is 0.337 e. The van der Waals surface area contributed by atoms with Gasteiger partial charge in [-0.05, 0) is 91.0 Å². The van der Waals surface area contributed by atoms with Gasteiger partial charge >= 0.3 is 5.97 Å².